The highest BCUT2D eigenvalue weighted by molar-refractivity contribution is 5.82. The van der Waals surface area contributed by atoms with Crippen LogP contribution in [-0.2, 0) is 15.6 Å². The molecular formula is C20H33NO. The Morgan fingerprint density at radius 1 is 1.05 bits per heavy atom. The third kappa shape index (κ3) is 3.71. The number of nitrogens with two attached hydrogens (primary N) is 1. The Hall–Kier alpha value is -1.31. The summed E-state index contributed by atoms with van der Waals surface area (Å²) in [6, 6.07) is 6.63. The number of carbonyl (C=O) groups excluding carboxylic acids is 1. The summed E-state index contributed by atoms with van der Waals surface area (Å²) >= 11 is 0. The second-order valence-corrected chi connectivity index (χ2v) is 7.64. The van der Waals surface area contributed by atoms with Crippen LogP contribution in [-0.4, -0.2) is 5.91 Å². The van der Waals surface area contributed by atoms with Gasteiger partial charge < -0.3 is 5.73 Å². The minimum Gasteiger partial charge on any atom is -0.369 e. The fraction of sp³-hybridized carbons (Fsp3) is 0.650. The molecule has 1 unspecified atom stereocenters. The van der Waals surface area contributed by atoms with Crippen molar-refractivity contribution >= 4 is 5.91 Å². The van der Waals surface area contributed by atoms with Gasteiger partial charge in [-0.25, -0.2) is 0 Å². The smallest absolute Gasteiger partial charge is 0.224 e. The Kier molecular flexibility index (Phi) is 5.83. The van der Waals surface area contributed by atoms with E-state index < -0.39 is 0 Å². The molecule has 0 aromatic heterocycles. The highest BCUT2D eigenvalue weighted by Crippen LogP contribution is 2.38. The number of amides is 1. The van der Waals surface area contributed by atoms with Gasteiger partial charge >= 0.3 is 0 Å². The first-order valence-electron chi connectivity index (χ1n) is 8.54. The molecular weight excluding hydrogens is 270 g/mol. The van der Waals surface area contributed by atoms with E-state index in [0.29, 0.717) is 0 Å². The largest absolute Gasteiger partial charge is 0.369 e. The van der Waals surface area contributed by atoms with Crippen LogP contribution in [0.25, 0.3) is 0 Å². The molecule has 1 rings (SSSR count). The standard InChI is InChI=1S/C20H33NO/c1-8-15(18(21)22)16-12-11-14(19(4,5)9-2)13-17(16)20(6,7)10-3/h11-13,15H,8-10H2,1-7H3,(H2,21,22). The lowest BCUT2D eigenvalue weighted by atomic mass is 9.72. The molecule has 2 nitrogen and oxygen atoms in total. The average Bonchev–Trinajstić information content (AvgIpc) is 2.47. The van der Waals surface area contributed by atoms with Crippen LogP contribution in [0.2, 0.25) is 0 Å². The molecule has 0 saturated carbocycles. The third-order valence-corrected chi connectivity index (χ3v) is 5.46. The van der Waals surface area contributed by atoms with Crippen molar-refractivity contribution in [3.8, 4) is 0 Å². The van der Waals surface area contributed by atoms with E-state index in [0.717, 1.165) is 24.8 Å². The van der Waals surface area contributed by atoms with Crippen LogP contribution in [0.4, 0.5) is 0 Å². The predicted octanol–water partition coefficient (Wildman–Crippen LogP) is 5.04. The Balaban J connectivity index is 3.56. The number of primary amides is 1. The zero-order valence-electron chi connectivity index (χ0n) is 15.4. The fourth-order valence-electron chi connectivity index (χ4n) is 2.84. The molecule has 0 fully saturated rings. The van der Waals surface area contributed by atoms with Gasteiger partial charge in [0.05, 0.1) is 5.92 Å². The summed E-state index contributed by atoms with van der Waals surface area (Å²) < 4.78 is 0. The minimum atomic E-state index is -0.224. The number of benzene rings is 1. The van der Waals surface area contributed by atoms with Gasteiger partial charge in [-0.1, -0.05) is 66.7 Å². The molecule has 1 atom stereocenters. The molecule has 0 radical (unpaired) electrons. The Labute approximate surface area is 136 Å². The lowest BCUT2D eigenvalue weighted by molar-refractivity contribution is -0.119. The van der Waals surface area contributed by atoms with Crippen molar-refractivity contribution in [1.82, 2.24) is 0 Å². The van der Waals surface area contributed by atoms with E-state index in [9.17, 15) is 4.79 Å². The van der Waals surface area contributed by atoms with Crippen LogP contribution in [0.1, 0.15) is 90.3 Å². The zero-order valence-corrected chi connectivity index (χ0v) is 15.4. The van der Waals surface area contributed by atoms with E-state index in [2.05, 4.69) is 59.7 Å². The highest BCUT2D eigenvalue weighted by Gasteiger charge is 2.29. The van der Waals surface area contributed by atoms with Gasteiger partial charge in [0, 0.05) is 0 Å². The molecule has 0 aliphatic rings. The summed E-state index contributed by atoms with van der Waals surface area (Å²) in [4.78, 5) is 11.9. The van der Waals surface area contributed by atoms with Crippen molar-refractivity contribution in [2.75, 3.05) is 0 Å². The van der Waals surface area contributed by atoms with Crippen LogP contribution < -0.4 is 5.73 Å². The molecule has 1 amide bonds. The summed E-state index contributed by atoms with van der Waals surface area (Å²) in [7, 11) is 0. The maximum atomic E-state index is 11.9. The Morgan fingerprint density at radius 2 is 1.59 bits per heavy atom. The molecule has 0 bridgehead atoms. The lowest BCUT2D eigenvalue weighted by Crippen LogP contribution is -2.27. The molecule has 22 heavy (non-hydrogen) atoms. The summed E-state index contributed by atoms with van der Waals surface area (Å²) in [6.45, 7) is 15.5. The van der Waals surface area contributed by atoms with Gasteiger partial charge in [0.2, 0.25) is 5.91 Å². The van der Waals surface area contributed by atoms with Gasteiger partial charge in [-0.2, -0.15) is 0 Å². The molecule has 0 spiro atoms. The van der Waals surface area contributed by atoms with E-state index in [-0.39, 0.29) is 22.7 Å². The second kappa shape index (κ2) is 6.85. The Morgan fingerprint density at radius 3 is 2.00 bits per heavy atom. The summed E-state index contributed by atoms with van der Waals surface area (Å²) in [5, 5.41) is 0. The molecule has 0 aliphatic carbocycles. The van der Waals surface area contributed by atoms with Gasteiger partial charge in [-0.3, -0.25) is 4.79 Å². The second-order valence-electron chi connectivity index (χ2n) is 7.64. The zero-order chi connectivity index (χ0) is 17.1. The number of rotatable bonds is 7. The van der Waals surface area contributed by atoms with Gasteiger partial charge in [-0.05, 0) is 46.8 Å². The number of carbonyl (C=O) groups is 1. The minimum absolute atomic E-state index is 0.0397. The first kappa shape index (κ1) is 18.7. The molecule has 0 heterocycles. The number of hydrogen-bond donors (Lipinski definition) is 1. The van der Waals surface area contributed by atoms with Gasteiger partial charge in [-0.15, -0.1) is 0 Å². The molecule has 0 aliphatic heterocycles. The quantitative estimate of drug-likeness (QED) is 0.753. The van der Waals surface area contributed by atoms with Crippen molar-refractivity contribution in [3.05, 3.63) is 34.9 Å². The topological polar surface area (TPSA) is 43.1 Å². The summed E-state index contributed by atoms with van der Waals surface area (Å²) in [5.74, 6) is -0.419. The molecule has 0 saturated heterocycles. The molecule has 2 N–H and O–H groups in total. The Bertz CT molecular complexity index is 529. The summed E-state index contributed by atoms with van der Waals surface area (Å²) in [5.41, 5.74) is 9.56. The van der Waals surface area contributed by atoms with Gasteiger partial charge in [0.1, 0.15) is 0 Å². The molecule has 1 aromatic carbocycles. The van der Waals surface area contributed by atoms with Crippen molar-refractivity contribution in [2.24, 2.45) is 5.73 Å². The highest BCUT2D eigenvalue weighted by atomic mass is 16.1. The van der Waals surface area contributed by atoms with E-state index in [1.165, 1.54) is 11.1 Å². The summed E-state index contributed by atoms with van der Waals surface area (Å²) in [6.07, 6.45) is 2.87. The maximum absolute atomic E-state index is 11.9. The lowest BCUT2D eigenvalue weighted by Gasteiger charge is -2.32. The number of hydrogen-bond acceptors (Lipinski definition) is 1. The van der Waals surface area contributed by atoms with E-state index >= 15 is 0 Å². The molecule has 1 aromatic rings. The van der Waals surface area contributed by atoms with Crippen molar-refractivity contribution in [2.45, 2.75) is 84.5 Å². The van der Waals surface area contributed by atoms with E-state index in [1.54, 1.807) is 0 Å². The first-order chi connectivity index (χ1) is 10.1. The monoisotopic (exact) mass is 303 g/mol. The van der Waals surface area contributed by atoms with E-state index in [1.807, 2.05) is 6.92 Å². The molecule has 124 valence electrons. The average molecular weight is 303 g/mol. The van der Waals surface area contributed by atoms with Gasteiger partial charge in [0.15, 0.2) is 0 Å². The normalized spacial score (nSPS) is 14.0. The van der Waals surface area contributed by atoms with Gasteiger partial charge in [0.25, 0.3) is 0 Å². The van der Waals surface area contributed by atoms with Crippen LogP contribution >= 0.6 is 0 Å². The first-order valence-corrected chi connectivity index (χ1v) is 8.54. The van der Waals surface area contributed by atoms with Crippen LogP contribution in [0, 0.1) is 0 Å². The predicted molar refractivity (Wildman–Crippen MR) is 95.3 cm³/mol. The van der Waals surface area contributed by atoms with Crippen LogP contribution in [0.5, 0.6) is 0 Å². The van der Waals surface area contributed by atoms with Crippen LogP contribution in [0.3, 0.4) is 0 Å². The maximum Gasteiger partial charge on any atom is 0.224 e. The van der Waals surface area contributed by atoms with Crippen molar-refractivity contribution < 1.29 is 4.79 Å². The van der Waals surface area contributed by atoms with Crippen LogP contribution in [0.15, 0.2) is 18.2 Å². The molecule has 2 heteroatoms. The van der Waals surface area contributed by atoms with Crippen molar-refractivity contribution in [1.29, 1.82) is 0 Å². The van der Waals surface area contributed by atoms with E-state index in [4.69, 9.17) is 5.73 Å². The van der Waals surface area contributed by atoms with Crippen molar-refractivity contribution in [3.63, 3.8) is 0 Å². The SMILES string of the molecule is CCC(C(N)=O)c1ccc(C(C)(C)CC)cc1C(C)(C)CC. The fourth-order valence-corrected chi connectivity index (χ4v) is 2.84. The third-order valence-electron chi connectivity index (χ3n) is 5.46.